The van der Waals surface area contributed by atoms with Crippen molar-refractivity contribution in [3.8, 4) is 5.88 Å². The van der Waals surface area contributed by atoms with Gasteiger partial charge in [-0.3, -0.25) is 0 Å². The van der Waals surface area contributed by atoms with Crippen molar-refractivity contribution in [3.05, 3.63) is 29.5 Å². The van der Waals surface area contributed by atoms with Gasteiger partial charge in [-0.2, -0.15) is 0 Å². The van der Waals surface area contributed by atoms with Gasteiger partial charge in [-0.1, -0.05) is 12.2 Å². The Balaban J connectivity index is 2.13. The van der Waals surface area contributed by atoms with E-state index in [2.05, 4.69) is 4.98 Å². The lowest BCUT2D eigenvalue weighted by Gasteiger charge is -2.26. The zero-order chi connectivity index (χ0) is 15.5. The highest BCUT2D eigenvalue weighted by Crippen LogP contribution is 2.37. The number of rotatable bonds is 4. The molecule has 0 aliphatic heterocycles. The second-order valence-corrected chi connectivity index (χ2v) is 5.18. The number of hydrogen-bond acceptors (Lipinski definition) is 3. The maximum absolute atomic E-state index is 13.1. The van der Waals surface area contributed by atoms with E-state index in [0.717, 1.165) is 0 Å². The molecule has 114 valence electrons. The molecule has 0 amide bonds. The number of carboxylic acids is 1. The lowest BCUT2D eigenvalue weighted by molar-refractivity contribution is -0.0410. The number of hydrogen-bond donors (Lipinski definition) is 1. The SMILES string of the molecule is COc1ncc(C(=O)O)cc1/C=C/C1CCC(F)(F)CC1. The first-order valence-electron chi connectivity index (χ1n) is 6.74. The van der Waals surface area contributed by atoms with E-state index in [1.807, 2.05) is 6.08 Å². The van der Waals surface area contributed by atoms with Crippen molar-refractivity contribution in [3.63, 3.8) is 0 Å². The van der Waals surface area contributed by atoms with Crippen LogP contribution in [-0.2, 0) is 0 Å². The van der Waals surface area contributed by atoms with Crippen LogP contribution < -0.4 is 4.74 Å². The minimum atomic E-state index is -2.55. The van der Waals surface area contributed by atoms with Crippen molar-refractivity contribution < 1.29 is 23.4 Å². The Bertz CT molecular complexity index is 548. The van der Waals surface area contributed by atoms with E-state index in [1.54, 1.807) is 6.08 Å². The summed E-state index contributed by atoms with van der Waals surface area (Å²) >= 11 is 0. The summed E-state index contributed by atoms with van der Waals surface area (Å²) in [5.74, 6) is -3.23. The van der Waals surface area contributed by atoms with Crippen LogP contribution in [0.1, 0.15) is 41.6 Å². The van der Waals surface area contributed by atoms with E-state index in [1.165, 1.54) is 19.4 Å². The largest absolute Gasteiger partial charge is 0.481 e. The van der Waals surface area contributed by atoms with Crippen LogP contribution >= 0.6 is 0 Å². The molecule has 1 fully saturated rings. The van der Waals surface area contributed by atoms with E-state index in [0.29, 0.717) is 24.3 Å². The molecule has 6 heteroatoms. The molecule has 0 radical (unpaired) electrons. The number of alkyl halides is 2. The molecule has 0 bridgehead atoms. The molecule has 0 saturated heterocycles. The number of methoxy groups -OCH3 is 1. The first-order valence-corrected chi connectivity index (χ1v) is 6.74. The summed E-state index contributed by atoms with van der Waals surface area (Å²) in [4.78, 5) is 14.9. The Kier molecular flexibility index (Phi) is 4.55. The zero-order valence-corrected chi connectivity index (χ0v) is 11.7. The maximum Gasteiger partial charge on any atom is 0.337 e. The fourth-order valence-corrected chi connectivity index (χ4v) is 2.37. The second kappa shape index (κ2) is 6.20. The summed E-state index contributed by atoms with van der Waals surface area (Å²) in [6.07, 6.45) is 5.40. The number of ether oxygens (including phenoxy) is 1. The van der Waals surface area contributed by atoms with E-state index in [9.17, 15) is 13.6 Å². The lowest BCUT2D eigenvalue weighted by Crippen LogP contribution is -2.23. The number of allylic oxidation sites excluding steroid dienone is 1. The number of halogens is 2. The molecule has 1 aromatic rings. The normalized spacial score (nSPS) is 18.8. The van der Waals surface area contributed by atoms with E-state index in [4.69, 9.17) is 9.84 Å². The molecule has 1 aliphatic rings. The van der Waals surface area contributed by atoms with Gasteiger partial charge in [-0.25, -0.2) is 18.6 Å². The van der Waals surface area contributed by atoms with Crippen LogP contribution in [0.4, 0.5) is 8.78 Å². The molecular formula is C15H17F2NO3. The van der Waals surface area contributed by atoms with Crippen LogP contribution in [0.15, 0.2) is 18.3 Å². The molecule has 1 aromatic heterocycles. The molecule has 0 spiro atoms. The van der Waals surface area contributed by atoms with Gasteiger partial charge in [-0.05, 0) is 24.8 Å². The van der Waals surface area contributed by atoms with Crippen LogP contribution in [0.25, 0.3) is 6.08 Å². The Hall–Kier alpha value is -1.98. The number of carboxylic acid groups (broad SMARTS) is 1. The Morgan fingerprint density at radius 1 is 1.48 bits per heavy atom. The Morgan fingerprint density at radius 3 is 2.71 bits per heavy atom. The summed E-state index contributed by atoms with van der Waals surface area (Å²) < 4.78 is 31.2. The summed E-state index contributed by atoms with van der Waals surface area (Å²) in [6, 6.07) is 1.46. The number of pyridine rings is 1. The van der Waals surface area contributed by atoms with Gasteiger partial charge in [-0.15, -0.1) is 0 Å². The van der Waals surface area contributed by atoms with Crippen molar-refractivity contribution in [2.45, 2.75) is 31.6 Å². The maximum atomic E-state index is 13.1. The predicted octanol–water partition coefficient (Wildman–Crippen LogP) is 3.63. The van der Waals surface area contributed by atoms with Gasteiger partial charge in [0.15, 0.2) is 0 Å². The minimum absolute atomic E-state index is 0.0608. The second-order valence-electron chi connectivity index (χ2n) is 5.18. The molecule has 21 heavy (non-hydrogen) atoms. The van der Waals surface area contributed by atoms with Crippen LogP contribution in [0.2, 0.25) is 0 Å². The van der Waals surface area contributed by atoms with Gasteiger partial charge in [0, 0.05) is 24.6 Å². The van der Waals surface area contributed by atoms with Crippen LogP contribution in [0, 0.1) is 5.92 Å². The van der Waals surface area contributed by atoms with Crippen LogP contribution in [0.5, 0.6) is 5.88 Å². The van der Waals surface area contributed by atoms with Crippen molar-refractivity contribution in [1.29, 1.82) is 0 Å². The van der Waals surface area contributed by atoms with Gasteiger partial charge in [0.05, 0.1) is 12.7 Å². The van der Waals surface area contributed by atoms with E-state index >= 15 is 0 Å². The summed E-state index contributed by atoms with van der Waals surface area (Å²) in [6.45, 7) is 0. The van der Waals surface area contributed by atoms with Gasteiger partial charge in [0.25, 0.3) is 0 Å². The fraction of sp³-hybridized carbons (Fsp3) is 0.467. The average molecular weight is 297 g/mol. The number of aromatic carboxylic acids is 1. The number of carbonyl (C=O) groups is 1. The zero-order valence-electron chi connectivity index (χ0n) is 11.7. The predicted molar refractivity (Wildman–Crippen MR) is 73.7 cm³/mol. The third-order valence-electron chi connectivity index (χ3n) is 3.63. The average Bonchev–Trinajstić information content (AvgIpc) is 2.45. The fourth-order valence-electron chi connectivity index (χ4n) is 2.37. The molecule has 0 unspecified atom stereocenters. The molecule has 0 atom stereocenters. The monoisotopic (exact) mass is 297 g/mol. The standard InChI is InChI=1S/C15H17F2NO3/c1-21-13-11(8-12(9-18-13)14(19)20)3-2-10-4-6-15(16,17)7-5-10/h2-3,8-10H,4-7H2,1H3,(H,19,20)/b3-2+. The third-order valence-corrected chi connectivity index (χ3v) is 3.63. The highest BCUT2D eigenvalue weighted by atomic mass is 19.3. The molecule has 0 aromatic carbocycles. The summed E-state index contributed by atoms with van der Waals surface area (Å²) in [5.41, 5.74) is 0.598. The molecule has 1 N–H and O–H groups in total. The van der Waals surface area contributed by atoms with Crippen LogP contribution in [-0.4, -0.2) is 29.1 Å². The molecule has 1 aliphatic carbocycles. The number of nitrogens with zero attached hydrogens (tertiary/aromatic N) is 1. The van der Waals surface area contributed by atoms with Gasteiger partial charge >= 0.3 is 5.97 Å². The smallest absolute Gasteiger partial charge is 0.337 e. The van der Waals surface area contributed by atoms with Crippen molar-refractivity contribution >= 4 is 12.0 Å². The number of aromatic nitrogens is 1. The van der Waals surface area contributed by atoms with Gasteiger partial charge < -0.3 is 9.84 Å². The van der Waals surface area contributed by atoms with Crippen LogP contribution in [0.3, 0.4) is 0 Å². The van der Waals surface area contributed by atoms with Gasteiger partial charge in [0.1, 0.15) is 0 Å². The first kappa shape index (κ1) is 15.4. The molecular weight excluding hydrogens is 280 g/mol. The highest BCUT2D eigenvalue weighted by molar-refractivity contribution is 5.88. The van der Waals surface area contributed by atoms with Crippen molar-refractivity contribution in [2.75, 3.05) is 7.11 Å². The Morgan fingerprint density at radius 2 is 2.14 bits per heavy atom. The Labute approximate surface area is 121 Å². The minimum Gasteiger partial charge on any atom is -0.481 e. The topological polar surface area (TPSA) is 59.4 Å². The molecule has 4 nitrogen and oxygen atoms in total. The highest BCUT2D eigenvalue weighted by Gasteiger charge is 2.33. The quantitative estimate of drug-likeness (QED) is 0.922. The first-order chi connectivity index (χ1) is 9.91. The van der Waals surface area contributed by atoms with E-state index < -0.39 is 11.9 Å². The van der Waals surface area contributed by atoms with Crippen molar-refractivity contribution in [2.24, 2.45) is 5.92 Å². The lowest BCUT2D eigenvalue weighted by atomic mass is 9.86. The van der Waals surface area contributed by atoms with Crippen molar-refractivity contribution in [1.82, 2.24) is 4.98 Å². The summed E-state index contributed by atoms with van der Waals surface area (Å²) in [7, 11) is 1.45. The molecule has 2 rings (SSSR count). The molecule has 1 heterocycles. The van der Waals surface area contributed by atoms with Gasteiger partial charge in [0.2, 0.25) is 11.8 Å². The molecule has 1 saturated carbocycles. The third kappa shape index (κ3) is 4.00. The summed E-state index contributed by atoms with van der Waals surface area (Å²) in [5, 5.41) is 8.96. The van der Waals surface area contributed by atoms with E-state index in [-0.39, 0.29) is 24.3 Å².